The Balaban J connectivity index is 1.38. The number of hydrogen-bond acceptors (Lipinski definition) is 7. The molecule has 10 heteroatoms. The first kappa shape index (κ1) is 22.8. The minimum absolute atomic E-state index is 0.112. The second-order valence-electron chi connectivity index (χ2n) is 8.07. The van der Waals surface area contributed by atoms with E-state index in [4.69, 9.17) is 0 Å². The Morgan fingerprint density at radius 3 is 2.15 bits per heavy atom. The molecule has 1 N–H and O–H groups in total. The van der Waals surface area contributed by atoms with E-state index in [1.54, 1.807) is 38.4 Å². The highest BCUT2D eigenvalue weighted by atomic mass is 32.2. The summed E-state index contributed by atoms with van der Waals surface area (Å²) in [6.45, 7) is 5.34. The first-order valence-corrected chi connectivity index (χ1v) is 12.2. The van der Waals surface area contributed by atoms with Crippen molar-refractivity contribution < 1.29 is 13.2 Å². The zero-order valence-electron chi connectivity index (χ0n) is 18.5. The number of piperazine rings is 1. The van der Waals surface area contributed by atoms with Crippen molar-refractivity contribution in [1.29, 1.82) is 0 Å². The van der Waals surface area contributed by atoms with Gasteiger partial charge < -0.3 is 10.2 Å². The number of amides is 1. The third-order valence-corrected chi connectivity index (χ3v) is 7.39. The molecule has 9 nitrogen and oxygen atoms in total. The molecule has 2 aromatic heterocycles. The summed E-state index contributed by atoms with van der Waals surface area (Å²) >= 11 is 0. The molecule has 1 amide bonds. The van der Waals surface area contributed by atoms with Crippen LogP contribution in [0.4, 0.5) is 11.5 Å². The van der Waals surface area contributed by atoms with Gasteiger partial charge in [-0.05, 0) is 48.5 Å². The van der Waals surface area contributed by atoms with Crippen molar-refractivity contribution in [3.8, 4) is 11.3 Å². The standard InChI is InChI=1S/C23H26N6O3S/c1-17(2)23(30)25-19-3-5-20(6-4-19)33(31,32)29-15-13-28(14-16-29)22-8-7-21(26-27-22)18-9-11-24-12-10-18/h3-12,17H,13-16H2,1-2H3,(H,25,30). The summed E-state index contributed by atoms with van der Waals surface area (Å²) in [5, 5.41) is 11.4. The molecule has 1 aromatic carbocycles. The van der Waals surface area contributed by atoms with Crippen molar-refractivity contribution >= 4 is 27.4 Å². The van der Waals surface area contributed by atoms with Crippen LogP contribution in [0.3, 0.4) is 0 Å². The molecule has 4 rings (SSSR count). The zero-order valence-corrected chi connectivity index (χ0v) is 19.4. The minimum atomic E-state index is -3.62. The van der Waals surface area contributed by atoms with E-state index in [1.165, 1.54) is 16.4 Å². The number of carbonyl (C=O) groups is 1. The monoisotopic (exact) mass is 466 g/mol. The second-order valence-corrected chi connectivity index (χ2v) is 10.0. The Kier molecular flexibility index (Phi) is 6.66. The van der Waals surface area contributed by atoms with Crippen LogP contribution in [0, 0.1) is 5.92 Å². The van der Waals surface area contributed by atoms with Crippen LogP contribution < -0.4 is 10.2 Å². The van der Waals surface area contributed by atoms with Gasteiger partial charge in [0.1, 0.15) is 0 Å². The molecule has 0 bridgehead atoms. The molecular formula is C23H26N6O3S. The number of sulfonamides is 1. The number of carbonyl (C=O) groups excluding carboxylic acids is 1. The molecule has 0 saturated carbocycles. The number of nitrogens with one attached hydrogen (secondary N) is 1. The van der Waals surface area contributed by atoms with E-state index in [9.17, 15) is 13.2 Å². The van der Waals surface area contributed by atoms with Gasteiger partial charge in [-0.25, -0.2) is 8.42 Å². The van der Waals surface area contributed by atoms with Crippen LogP contribution in [0.2, 0.25) is 0 Å². The predicted octanol–water partition coefficient (Wildman–Crippen LogP) is 2.64. The minimum Gasteiger partial charge on any atom is -0.352 e. The number of rotatable bonds is 6. The summed E-state index contributed by atoms with van der Waals surface area (Å²) in [7, 11) is -3.62. The third kappa shape index (κ3) is 5.18. The van der Waals surface area contributed by atoms with Crippen LogP contribution in [-0.4, -0.2) is 60.0 Å². The highest BCUT2D eigenvalue weighted by Gasteiger charge is 2.29. The molecule has 1 saturated heterocycles. The predicted molar refractivity (Wildman–Crippen MR) is 126 cm³/mol. The van der Waals surface area contributed by atoms with Crippen LogP contribution in [0.25, 0.3) is 11.3 Å². The first-order chi connectivity index (χ1) is 15.8. The molecule has 0 unspecified atom stereocenters. The molecule has 3 heterocycles. The lowest BCUT2D eigenvalue weighted by atomic mass is 10.2. The van der Waals surface area contributed by atoms with Gasteiger partial charge in [0.2, 0.25) is 15.9 Å². The van der Waals surface area contributed by atoms with Crippen LogP contribution >= 0.6 is 0 Å². The van der Waals surface area contributed by atoms with Gasteiger partial charge >= 0.3 is 0 Å². The van der Waals surface area contributed by atoms with Crippen molar-refractivity contribution in [2.75, 3.05) is 36.4 Å². The Morgan fingerprint density at radius 2 is 1.58 bits per heavy atom. The largest absolute Gasteiger partial charge is 0.352 e. The maximum absolute atomic E-state index is 13.1. The Labute approximate surface area is 193 Å². The molecule has 3 aromatic rings. The van der Waals surface area contributed by atoms with E-state index < -0.39 is 10.0 Å². The molecule has 33 heavy (non-hydrogen) atoms. The van der Waals surface area contributed by atoms with Crippen molar-refractivity contribution in [3.05, 3.63) is 60.9 Å². The number of aromatic nitrogens is 3. The van der Waals surface area contributed by atoms with Crippen molar-refractivity contribution in [2.24, 2.45) is 5.92 Å². The fourth-order valence-corrected chi connectivity index (χ4v) is 4.90. The molecule has 1 aliphatic rings. The highest BCUT2D eigenvalue weighted by Crippen LogP contribution is 2.23. The van der Waals surface area contributed by atoms with Gasteiger partial charge in [-0.3, -0.25) is 9.78 Å². The zero-order chi connectivity index (χ0) is 23.4. The van der Waals surface area contributed by atoms with Crippen molar-refractivity contribution in [3.63, 3.8) is 0 Å². The Morgan fingerprint density at radius 1 is 0.909 bits per heavy atom. The second kappa shape index (κ2) is 9.63. The van der Waals surface area contributed by atoms with Gasteiger partial charge in [0.15, 0.2) is 5.82 Å². The van der Waals surface area contributed by atoms with Crippen molar-refractivity contribution in [1.82, 2.24) is 19.5 Å². The maximum Gasteiger partial charge on any atom is 0.243 e. The molecule has 1 aliphatic heterocycles. The lowest BCUT2D eigenvalue weighted by Gasteiger charge is -2.34. The summed E-state index contributed by atoms with van der Waals surface area (Å²) in [5.74, 6) is 0.454. The summed E-state index contributed by atoms with van der Waals surface area (Å²) in [5.41, 5.74) is 2.27. The lowest BCUT2D eigenvalue weighted by molar-refractivity contribution is -0.118. The summed E-state index contributed by atoms with van der Waals surface area (Å²) in [6.07, 6.45) is 3.42. The van der Waals surface area contributed by atoms with Crippen LogP contribution in [0.15, 0.2) is 65.8 Å². The Hall–Kier alpha value is -3.37. The van der Waals surface area contributed by atoms with Gasteiger partial charge in [-0.2, -0.15) is 4.31 Å². The van der Waals surface area contributed by atoms with Gasteiger partial charge in [0, 0.05) is 55.7 Å². The number of anilines is 2. The van der Waals surface area contributed by atoms with Gasteiger partial charge in [-0.1, -0.05) is 13.8 Å². The van der Waals surface area contributed by atoms with E-state index >= 15 is 0 Å². The number of benzene rings is 1. The van der Waals surface area contributed by atoms with Gasteiger partial charge in [0.25, 0.3) is 0 Å². The molecule has 0 atom stereocenters. The average molecular weight is 467 g/mol. The SMILES string of the molecule is CC(C)C(=O)Nc1ccc(S(=O)(=O)N2CCN(c3ccc(-c4ccncc4)nn3)CC2)cc1. The van der Waals surface area contributed by atoms with Gasteiger partial charge in [0.05, 0.1) is 10.6 Å². The smallest absolute Gasteiger partial charge is 0.243 e. The van der Waals surface area contributed by atoms with E-state index in [0.717, 1.165) is 17.1 Å². The summed E-state index contributed by atoms with van der Waals surface area (Å²) in [4.78, 5) is 18.1. The average Bonchev–Trinajstić information content (AvgIpc) is 2.85. The maximum atomic E-state index is 13.1. The van der Waals surface area contributed by atoms with Crippen molar-refractivity contribution in [2.45, 2.75) is 18.7 Å². The number of nitrogens with zero attached hydrogens (tertiary/aromatic N) is 5. The summed E-state index contributed by atoms with van der Waals surface area (Å²) in [6, 6.07) is 13.8. The molecular weight excluding hydrogens is 440 g/mol. The lowest BCUT2D eigenvalue weighted by Crippen LogP contribution is -2.49. The number of hydrogen-bond donors (Lipinski definition) is 1. The normalized spacial score (nSPS) is 14.9. The highest BCUT2D eigenvalue weighted by molar-refractivity contribution is 7.89. The topological polar surface area (TPSA) is 108 Å². The molecule has 0 aliphatic carbocycles. The molecule has 172 valence electrons. The third-order valence-electron chi connectivity index (χ3n) is 5.47. The molecule has 0 radical (unpaired) electrons. The first-order valence-electron chi connectivity index (χ1n) is 10.7. The fraction of sp³-hybridized carbons (Fsp3) is 0.304. The number of pyridine rings is 1. The van der Waals surface area contributed by atoms with Crippen LogP contribution in [-0.2, 0) is 14.8 Å². The van der Waals surface area contributed by atoms with E-state index in [0.29, 0.717) is 31.9 Å². The van der Waals surface area contributed by atoms with Gasteiger partial charge in [-0.15, -0.1) is 10.2 Å². The van der Waals surface area contributed by atoms with E-state index in [-0.39, 0.29) is 16.7 Å². The quantitative estimate of drug-likeness (QED) is 0.595. The van der Waals surface area contributed by atoms with Crippen LogP contribution in [0.5, 0.6) is 0 Å². The summed E-state index contributed by atoms with van der Waals surface area (Å²) < 4.78 is 27.6. The van der Waals surface area contributed by atoms with E-state index in [1.807, 2.05) is 29.2 Å². The van der Waals surface area contributed by atoms with Crippen LogP contribution in [0.1, 0.15) is 13.8 Å². The Bertz CT molecular complexity index is 1190. The molecule has 1 fully saturated rings. The molecule has 0 spiro atoms. The van der Waals surface area contributed by atoms with E-state index in [2.05, 4.69) is 20.5 Å². The fourth-order valence-electron chi connectivity index (χ4n) is 3.47.